The highest BCUT2D eigenvalue weighted by atomic mass is 32.1. The number of hydrogen-bond acceptors (Lipinski definition) is 11. The van der Waals surface area contributed by atoms with E-state index in [0.29, 0.717) is 59.6 Å². The molecule has 1 saturated heterocycles. The van der Waals surface area contributed by atoms with Gasteiger partial charge in [-0.2, -0.15) is 0 Å². The number of halogens is 3. The molecule has 2 N–H and O–H groups in total. The Balaban J connectivity index is 0.977. The number of thiazole rings is 2. The molecular weight excluding hydrogens is 700 g/mol. The topological polar surface area (TPSA) is 117 Å². The Morgan fingerprint density at radius 2 is 1.98 bits per heavy atom. The molecule has 0 amide bonds. The number of fused-ring (bicyclic) bond motifs is 2. The van der Waals surface area contributed by atoms with Crippen LogP contribution in [0.2, 0.25) is 0 Å². The van der Waals surface area contributed by atoms with Crippen LogP contribution < -0.4 is 15.0 Å². The molecule has 5 aromatic rings. The summed E-state index contributed by atoms with van der Waals surface area (Å²) in [5, 5.41) is 23.6. The maximum atomic E-state index is 14.8. The number of rotatable bonds is 10. The van der Waals surface area contributed by atoms with Crippen LogP contribution in [0.1, 0.15) is 57.7 Å². The third kappa shape index (κ3) is 7.93. The van der Waals surface area contributed by atoms with Crippen molar-refractivity contribution >= 4 is 60.8 Å². The number of benzene rings is 2. The Labute approximate surface area is 300 Å². The lowest BCUT2D eigenvalue weighted by Crippen LogP contribution is -2.42. The van der Waals surface area contributed by atoms with E-state index < -0.39 is 17.7 Å². The van der Waals surface area contributed by atoms with E-state index in [1.165, 1.54) is 23.5 Å². The molecule has 15 heteroatoms. The summed E-state index contributed by atoms with van der Waals surface area (Å²) >= 11 is 2.84. The second-order valence-corrected chi connectivity index (χ2v) is 14.6. The van der Waals surface area contributed by atoms with Crippen LogP contribution in [0.5, 0.6) is 5.75 Å². The van der Waals surface area contributed by atoms with Gasteiger partial charge < -0.3 is 20.1 Å². The number of nitrogens with zero attached hydrogens (tertiary/aromatic N) is 6. The van der Waals surface area contributed by atoms with Crippen molar-refractivity contribution in [3.05, 3.63) is 75.5 Å². The first-order valence-corrected chi connectivity index (χ1v) is 18.3. The third-order valence-corrected chi connectivity index (χ3v) is 10.9. The van der Waals surface area contributed by atoms with Gasteiger partial charge in [-0.25, -0.2) is 27.9 Å². The lowest BCUT2D eigenvalue weighted by atomic mass is 10.0. The smallest absolute Gasteiger partial charge is 0.355 e. The van der Waals surface area contributed by atoms with Crippen molar-refractivity contribution in [2.24, 2.45) is 0 Å². The van der Waals surface area contributed by atoms with Crippen molar-refractivity contribution in [1.29, 1.82) is 0 Å². The van der Waals surface area contributed by atoms with Crippen LogP contribution in [0.3, 0.4) is 0 Å². The Kier molecular flexibility index (Phi) is 10.1. The molecule has 0 bridgehead atoms. The molecule has 264 valence electrons. The van der Waals surface area contributed by atoms with Crippen molar-refractivity contribution in [3.63, 3.8) is 0 Å². The largest absolute Gasteiger partial charge is 0.491 e. The minimum Gasteiger partial charge on any atom is -0.491 e. The van der Waals surface area contributed by atoms with Crippen LogP contribution in [0, 0.1) is 24.6 Å². The number of aryl methyl sites for hydroxylation is 1. The van der Waals surface area contributed by atoms with Gasteiger partial charge in [-0.3, -0.25) is 4.90 Å². The maximum absolute atomic E-state index is 14.8. The Bertz CT molecular complexity index is 2110. The van der Waals surface area contributed by atoms with Gasteiger partial charge >= 0.3 is 5.97 Å². The molecule has 2 aliphatic heterocycles. The highest BCUT2D eigenvalue weighted by Crippen LogP contribution is 2.39. The number of aromatic nitrogens is 4. The molecule has 0 atom stereocenters. The zero-order valence-electron chi connectivity index (χ0n) is 27.7. The number of ether oxygens (including phenoxy) is 1. The molecule has 0 unspecified atom stereocenters. The van der Waals surface area contributed by atoms with Crippen molar-refractivity contribution in [3.8, 4) is 17.6 Å². The standard InChI is InChI=1S/C36H34F3N7O3S2/c1-22-24-9-5-18-46(32(24)44-43-31(22)42-34-40-26-10-2-3-11-28(26)50-34)35-41-30(33(47)48)29(51-35)12-6-19-49-27-14-13-23(20-25(27)37)8-4-16-45-17-7-15-36(38,39)21-45/h2-3,10-11,13-14,20H,5-7,9,12,15-19,21H2,1H3,(H,47,48)(H,40,42,43). The molecule has 51 heavy (non-hydrogen) atoms. The van der Waals surface area contributed by atoms with E-state index in [2.05, 4.69) is 37.3 Å². The second kappa shape index (κ2) is 14.8. The first-order chi connectivity index (χ1) is 24.6. The molecule has 2 aliphatic rings. The van der Waals surface area contributed by atoms with E-state index in [9.17, 15) is 23.1 Å². The summed E-state index contributed by atoms with van der Waals surface area (Å²) in [6, 6.07) is 12.3. The summed E-state index contributed by atoms with van der Waals surface area (Å²) < 4.78 is 48.8. The summed E-state index contributed by atoms with van der Waals surface area (Å²) in [5.41, 5.74) is 3.28. The van der Waals surface area contributed by atoms with Gasteiger partial charge in [0, 0.05) is 34.5 Å². The predicted molar refractivity (Wildman–Crippen MR) is 192 cm³/mol. The lowest BCUT2D eigenvalue weighted by Gasteiger charge is -2.30. The molecular formula is C36H34F3N7O3S2. The molecule has 0 radical (unpaired) electrons. The Morgan fingerprint density at radius 1 is 1.12 bits per heavy atom. The fourth-order valence-electron chi connectivity index (χ4n) is 6.25. The molecule has 5 heterocycles. The fourth-order valence-corrected chi connectivity index (χ4v) is 8.23. The van der Waals surface area contributed by atoms with Gasteiger partial charge in [-0.15, -0.1) is 21.5 Å². The van der Waals surface area contributed by atoms with Gasteiger partial charge in [-0.05, 0) is 75.9 Å². The summed E-state index contributed by atoms with van der Waals surface area (Å²) in [5.74, 6) is 2.62. The van der Waals surface area contributed by atoms with Crippen LogP contribution in [0.25, 0.3) is 10.2 Å². The first kappa shape index (κ1) is 34.7. The van der Waals surface area contributed by atoms with Crippen LogP contribution in [-0.4, -0.2) is 74.8 Å². The van der Waals surface area contributed by atoms with E-state index in [1.54, 1.807) is 22.3 Å². The minimum atomic E-state index is -2.70. The van der Waals surface area contributed by atoms with Gasteiger partial charge in [0.2, 0.25) is 0 Å². The zero-order valence-corrected chi connectivity index (χ0v) is 29.4. The van der Waals surface area contributed by atoms with Gasteiger partial charge in [0.25, 0.3) is 5.92 Å². The quantitative estimate of drug-likeness (QED) is 0.110. The zero-order chi connectivity index (χ0) is 35.5. The number of piperidine rings is 1. The van der Waals surface area contributed by atoms with Crippen LogP contribution >= 0.6 is 22.7 Å². The van der Waals surface area contributed by atoms with E-state index in [4.69, 9.17) is 4.74 Å². The van der Waals surface area contributed by atoms with E-state index in [-0.39, 0.29) is 37.6 Å². The number of carboxylic acid groups (broad SMARTS) is 1. The SMILES string of the molecule is Cc1c(Nc2nc3ccccc3s2)nnc2c1CCCN2c1nc(C(=O)O)c(CCCOc2ccc(C#CCN3CCCC(F)(F)C3)cc2F)s1. The number of nitrogens with one attached hydrogen (secondary N) is 1. The molecule has 0 saturated carbocycles. The summed E-state index contributed by atoms with van der Waals surface area (Å²) in [4.78, 5) is 25.4. The van der Waals surface area contributed by atoms with Crippen LogP contribution in [-0.2, 0) is 12.8 Å². The number of likely N-dealkylation sites (tertiary alicyclic amines) is 1. The van der Waals surface area contributed by atoms with Gasteiger partial charge in [0.05, 0.1) is 29.9 Å². The normalized spacial score (nSPS) is 15.6. The molecule has 0 spiro atoms. The predicted octanol–water partition coefficient (Wildman–Crippen LogP) is 7.61. The molecule has 7 rings (SSSR count). The summed E-state index contributed by atoms with van der Waals surface area (Å²) in [7, 11) is 0. The van der Waals surface area contributed by atoms with E-state index in [1.807, 2.05) is 36.1 Å². The van der Waals surface area contributed by atoms with Gasteiger partial charge in [0.1, 0.15) is 0 Å². The van der Waals surface area contributed by atoms with E-state index >= 15 is 0 Å². The number of carbonyl (C=O) groups is 1. The average molecular weight is 734 g/mol. The Hall–Kier alpha value is -4.78. The molecule has 10 nitrogen and oxygen atoms in total. The van der Waals surface area contributed by atoms with Crippen molar-refractivity contribution < 1.29 is 27.8 Å². The summed E-state index contributed by atoms with van der Waals surface area (Å²) in [6.45, 7) is 3.21. The maximum Gasteiger partial charge on any atom is 0.355 e. The fraction of sp³-hybridized carbons (Fsp3) is 0.361. The van der Waals surface area contributed by atoms with Crippen molar-refractivity contribution in [2.75, 3.05) is 43.0 Å². The van der Waals surface area contributed by atoms with Crippen LogP contribution in [0.4, 0.5) is 35.1 Å². The first-order valence-electron chi connectivity index (χ1n) is 16.6. The van der Waals surface area contributed by atoms with Gasteiger partial charge in [0.15, 0.2) is 39.2 Å². The van der Waals surface area contributed by atoms with Crippen molar-refractivity contribution in [1.82, 2.24) is 25.1 Å². The Morgan fingerprint density at radius 3 is 2.78 bits per heavy atom. The van der Waals surface area contributed by atoms with Gasteiger partial charge in [-0.1, -0.05) is 35.3 Å². The highest BCUT2D eigenvalue weighted by Gasteiger charge is 2.34. The number of hydrogen-bond donors (Lipinski definition) is 2. The molecule has 2 aromatic carbocycles. The molecule has 0 aliphatic carbocycles. The summed E-state index contributed by atoms with van der Waals surface area (Å²) in [6.07, 6.45) is 2.75. The number of carboxylic acids is 1. The van der Waals surface area contributed by atoms with Crippen LogP contribution in [0.15, 0.2) is 42.5 Å². The van der Waals surface area contributed by atoms with Crippen molar-refractivity contribution in [2.45, 2.75) is 51.4 Å². The highest BCUT2D eigenvalue weighted by molar-refractivity contribution is 7.22. The number of alkyl halides is 2. The van der Waals surface area contributed by atoms with E-state index in [0.717, 1.165) is 39.3 Å². The number of para-hydroxylation sites is 1. The monoisotopic (exact) mass is 733 g/mol. The lowest BCUT2D eigenvalue weighted by molar-refractivity contribution is -0.0604. The third-order valence-electron chi connectivity index (χ3n) is 8.77. The second-order valence-electron chi connectivity index (χ2n) is 12.5. The number of anilines is 4. The average Bonchev–Trinajstić information content (AvgIpc) is 3.72. The molecule has 1 fully saturated rings. The minimum absolute atomic E-state index is 0.0247. The number of aromatic carboxylic acids is 1. The molecule has 3 aromatic heterocycles.